The SMILES string of the molecule is Cc1nc2sc3c(=O)n(-c4ccc(Cl)cc4Cl)nnc3c2c(C)c1Cl. The number of hydrogen-bond acceptors (Lipinski definition) is 5. The number of nitrogens with zero attached hydrogens (tertiary/aromatic N) is 4. The Labute approximate surface area is 160 Å². The normalized spacial score (nSPS) is 11.6. The van der Waals surface area contributed by atoms with Gasteiger partial charge in [-0.05, 0) is 37.6 Å². The van der Waals surface area contributed by atoms with Crippen LogP contribution in [-0.2, 0) is 0 Å². The number of thiophene rings is 1. The molecule has 0 saturated carbocycles. The lowest BCUT2D eigenvalue weighted by atomic mass is 10.1. The predicted octanol–water partition coefficient (Wildman–Crippen LogP) is 4.97. The average Bonchev–Trinajstić information content (AvgIpc) is 2.93. The zero-order valence-corrected chi connectivity index (χ0v) is 16.1. The summed E-state index contributed by atoms with van der Waals surface area (Å²) in [4.78, 5) is 18.1. The van der Waals surface area contributed by atoms with Gasteiger partial charge in [-0.2, -0.15) is 4.68 Å². The van der Waals surface area contributed by atoms with Crippen molar-refractivity contribution in [2.75, 3.05) is 0 Å². The van der Waals surface area contributed by atoms with E-state index in [0.717, 1.165) is 10.9 Å². The molecule has 0 aliphatic heterocycles. The summed E-state index contributed by atoms with van der Waals surface area (Å²) in [7, 11) is 0. The van der Waals surface area contributed by atoms with E-state index in [1.54, 1.807) is 18.2 Å². The fraction of sp³-hybridized carbons (Fsp3) is 0.125. The molecule has 0 aliphatic carbocycles. The number of fused-ring (bicyclic) bond motifs is 3. The first kappa shape index (κ1) is 16.7. The van der Waals surface area contributed by atoms with Gasteiger partial charge in [0.05, 0.1) is 21.4 Å². The monoisotopic (exact) mass is 410 g/mol. The van der Waals surface area contributed by atoms with Crippen LogP contribution in [0.15, 0.2) is 23.0 Å². The van der Waals surface area contributed by atoms with Gasteiger partial charge in [0.25, 0.3) is 5.56 Å². The number of pyridine rings is 1. The largest absolute Gasteiger partial charge is 0.292 e. The summed E-state index contributed by atoms with van der Waals surface area (Å²) in [5, 5.41) is 10.4. The number of rotatable bonds is 1. The van der Waals surface area contributed by atoms with Gasteiger partial charge in [-0.3, -0.25) is 4.79 Å². The molecule has 5 nitrogen and oxygen atoms in total. The van der Waals surface area contributed by atoms with Gasteiger partial charge in [-0.15, -0.1) is 16.4 Å². The maximum Gasteiger partial charge on any atom is 0.292 e. The van der Waals surface area contributed by atoms with Crippen LogP contribution in [0.4, 0.5) is 0 Å². The average molecular weight is 412 g/mol. The van der Waals surface area contributed by atoms with Crippen molar-refractivity contribution < 1.29 is 0 Å². The maximum absolute atomic E-state index is 12.9. The fourth-order valence-corrected chi connectivity index (χ4v) is 4.45. The molecule has 0 bridgehead atoms. The fourth-order valence-electron chi connectivity index (χ4n) is 2.69. The Bertz CT molecular complexity index is 1230. The highest BCUT2D eigenvalue weighted by molar-refractivity contribution is 7.25. The molecule has 0 fully saturated rings. The summed E-state index contributed by atoms with van der Waals surface area (Å²) in [5.41, 5.74) is 2.16. The van der Waals surface area contributed by atoms with Crippen LogP contribution in [0.25, 0.3) is 26.1 Å². The van der Waals surface area contributed by atoms with Crippen molar-refractivity contribution in [2.45, 2.75) is 13.8 Å². The molecule has 126 valence electrons. The molecule has 1 aromatic carbocycles. The van der Waals surface area contributed by atoms with Crippen molar-refractivity contribution in [1.82, 2.24) is 20.0 Å². The minimum atomic E-state index is -0.314. The molecule has 0 atom stereocenters. The summed E-state index contributed by atoms with van der Waals surface area (Å²) in [6.45, 7) is 3.71. The molecular formula is C16H9Cl3N4OS. The van der Waals surface area contributed by atoms with Crippen LogP contribution < -0.4 is 5.56 Å². The summed E-state index contributed by atoms with van der Waals surface area (Å²) in [6.07, 6.45) is 0. The second kappa shape index (κ2) is 5.92. The van der Waals surface area contributed by atoms with Crippen molar-refractivity contribution in [2.24, 2.45) is 0 Å². The number of benzene rings is 1. The molecule has 3 heterocycles. The van der Waals surface area contributed by atoms with Crippen molar-refractivity contribution in [3.05, 3.63) is 54.9 Å². The zero-order chi connectivity index (χ0) is 17.9. The van der Waals surface area contributed by atoms with Crippen LogP contribution in [0.1, 0.15) is 11.3 Å². The summed E-state index contributed by atoms with van der Waals surface area (Å²) >= 11 is 19.7. The quantitative estimate of drug-likeness (QED) is 0.444. The van der Waals surface area contributed by atoms with Gasteiger partial charge in [-0.1, -0.05) is 40.0 Å². The van der Waals surface area contributed by atoms with Crippen LogP contribution >= 0.6 is 46.1 Å². The molecule has 9 heteroatoms. The third kappa shape index (κ3) is 2.52. The second-order valence-corrected chi connectivity index (χ2v) is 7.72. The topological polar surface area (TPSA) is 60.7 Å². The lowest BCUT2D eigenvalue weighted by molar-refractivity contribution is 0.741. The summed E-state index contributed by atoms with van der Waals surface area (Å²) in [6, 6.07) is 4.82. The molecule has 0 radical (unpaired) electrons. The van der Waals surface area contributed by atoms with Gasteiger partial charge in [-0.25, -0.2) is 4.98 Å². The van der Waals surface area contributed by atoms with Gasteiger partial charge in [0.2, 0.25) is 0 Å². The highest BCUT2D eigenvalue weighted by Crippen LogP contribution is 2.35. The van der Waals surface area contributed by atoms with Gasteiger partial charge in [0.1, 0.15) is 15.0 Å². The molecule has 0 saturated heterocycles. The van der Waals surface area contributed by atoms with Gasteiger partial charge in [0.15, 0.2) is 0 Å². The molecular weight excluding hydrogens is 403 g/mol. The molecule has 0 N–H and O–H groups in total. The van der Waals surface area contributed by atoms with E-state index in [4.69, 9.17) is 34.8 Å². The van der Waals surface area contributed by atoms with E-state index in [1.807, 2.05) is 13.8 Å². The molecule has 0 amide bonds. The van der Waals surface area contributed by atoms with Crippen molar-refractivity contribution in [3.63, 3.8) is 0 Å². The smallest absolute Gasteiger partial charge is 0.266 e. The van der Waals surface area contributed by atoms with Crippen molar-refractivity contribution in [1.29, 1.82) is 0 Å². The molecule has 4 aromatic rings. The lowest BCUT2D eigenvalue weighted by Gasteiger charge is -2.06. The Morgan fingerprint density at radius 3 is 2.64 bits per heavy atom. The maximum atomic E-state index is 12.9. The Hall–Kier alpha value is -1.73. The Balaban J connectivity index is 2.08. The van der Waals surface area contributed by atoms with Crippen LogP contribution in [0.3, 0.4) is 0 Å². The van der Waals surface area contributed by atoms with Crippen molar-refractivity contribution >= 4 is 66.6 Å². The van der Waals surface area contributed by atoms with Gasteiger partial charge in [0, 0.05) is 10.4 Å². The predicted molar refractivity (Wildman–Crippen MR) is 103 cm³/mol. The minimum Gasteiger partial charge on any atom is -0.266 e. The van der Waals surface area contributed by atoms with E-state index in [2.05, 4.69) is 15.3 Å². The first-order valence-corrected chi connectivity index (χ1v) is 9.14. The van der Waals surface area contributed by atoms with Crippen LogP contribution in [0.5, 0.6) is 0 Å². The lowest BCUT2D eigenvalue weighted by Crippen LogP contribution is -2.21. The summed E-state index contributed by atoms with van der Waals surface area (Å²) in [5.74, 6) is 0. The van der Waals surface area contributed by atoms with E-state index in [0.29, 0.717) is 41.5 Å². The van der Waals surface area contributed by atoms with Crippen LogP contribution in [0, 0.1) is 13.8 Å². The van der Waals surface area contributed by atoms with Crippen molar-refractivity contribution in [3.8, 4) is 5.69 Å². The first-order valence-electron chi connectivity index (χ1n) is 7.19. The molecule has 4 rings (SSSR count). The molecule has 25 heavy (non-hydrogen) atoms. The number of halogens is 3. The van der Waals surface area contributed by atoms with Gasteiger partial charge < -0.3 is 0 Å². The Morgan fingerprint density at radius 2 is 1.92 bits per heavy atom. The van der Waals surface area contributed by atoms with E-state index < -0.39 is 0 Å². The molecule has 3 aromatic heterocycles. The third-order valence-electron chi connectivity index (χ3n) is 3.91. The molecule has 0 spiro atoms. The van der Waals surface area contributed by atoms with Crippen LogP contribution in [0.2, 0.25) is 15.1 Å². The third-order valence-corrected chi connectivity index (χ3v) is 6.07. The number of aryl methyl sites for hydroxylation is 2. The highest BCUT2D eigenvalue weighted by atomic mass is 35.5. The van der Waals surface area contributed by atoms with E-state index in [1.165, 1.54) is 16.0 Å². The van der Waals surface area contributed by atoms with E-state index in [9.17, 15) is 4.79 Å². The minimum absolute atomic E-state index is 0.314. The van der Waals surface area contributed by atoms with Crippen LogP contribution in [-0.4, -0.2) is 20.0 Å². The zero-order valence-electron chi connectivity index (χ0n) is 13.0. The molecule has 0 unspecified atom stereocenters. The van der Waals surface area contributed by atoms with Gasteiger partial charge >= 0.3 is 0 Å². The number of hydrogen-bond donors (Lipinski definition) is 0. The van der Waals surface area contributed by atoms with E-state index >= 15 is 0 Å². The Morgan fingerprint density at radius 1 is 1.16 bits per heavy atom. The standard InChI is InChI=1S/C16H9Cl3N4OS/c1-6-11-13-14(25-15(11)20-7(2)12(6)19)16(24)23(22-21-13)10-4-3-8(17)5-9(10)18/h3-5H,1-2H3. The highest BCUT2D eigenvalue weighted by Gasteiger charge is 2.19. The number of aromatic nitrogens is 4. The van der Waals surface area contributed by atoms with E-state index in [-0.39, 0.29) is 5.56 Å². The summed E-state index contributed by atoms with van der Waals surface area (Å²) < 4.78 is 1.62. The Kier molecular flexibility index (Phi) is 3.96. The first-order chi connectivity index (χ1) is 11.9. The second-order valence-electron chi connectivity index (χ2n) is 5.50. The molecule has 0 aliphatic rings.